The number of para-hydroxylation sites is 1. The normalized spacial score (nSPS) is 12.0. The Bertz CT molecular complexity index is 1440. The minimum atomic E-state index is -1.01. The van der Waals surface area contributed by atoms with Crippen molar-refractivity contribution in [1.29, 1.82) is 0 Å². The van der Waals surface area contributed by atoms with E-state index in [9.17, 15) is 14.4 Å². The van der Waals surface area contributed by atoms with Crippen LogP contribution in [-0.4, -0.2) is 23.7 Å². The fraction of sp³-hybridized carbons (Fsp3) is 0.207. The van der Waals surface area contributed by atoms with E-state index in [1.54, 1.807) is 45.0 Å². The molecule has 0 radical (unpaired) electrons. The summed E-state index contributed by atoms with van der Waals surface area (Å²) in [6.07, 6.45) is 0.675. The van der Waals surface area contributed by atoms with Gasteiger partial charge >= 0.3 is 12.1 Å². The average molecular weight is 502 g/mol. The Balaban J connectivity index is 1.53. The van der Waals surface area contributed by atoms with Crippen LogP contribution >= 0.6 is 0 Å². The molecule has 0 aliphatic rings. The number of carbonyl (C=O) groups is 2. The molecule has 1 heterocycles. The zero-order valence-corrected chi connectivity index (χ0v) is 20.7. The van der Waals surface area contributed by atoms with Crippen LogP contribution in [0.4, 0.5) is 4.79 Å². The van der Waals surface area contributed by atoms with Crippen LogP contribution in [0.25, 0.3) is 11.0 Å². The maximum Gasteiger partial charge on any atom is 0.408 e. The average Bonchev–Trinajstić information content (AvgIpc) is 2.85. The van der Waals surface area contributed by atoms with Gasteiger partial charge in [0, 0.05) is 12.5 Å². The fourth-order valence-electron chi connectivity index (χ4n) is 3.52. The van der Waals surface area contributed by atoms with Gasteiger partial charge < -0.3 is 23.9 Å². The van der Waals surface area contributed by atoms with Crippen molar-refractivity contribution >= 4 is 23.0 Å². The van der Waals surface area contributed by atoms with Gasteiger partial charge in [0.25, 0.3) is 0 Å². The molecule has 3 aromatic carbocycles. The maximum absolute atomic E-state index is 13.1. The van der Waals surface area contributed by atoms with Crippen LogP contribution < -0.4 is 20.2 Å². The molecule has 8 heteroatoms. The third-order valence-corrected chi connectivity index (χ3v) is 5.16. The van der Waals surface area contributed by atoms with Crippen LogP contribution in [0, 0.1) is 0 Å². The molecule has 1 amide bonds. The number of fused-ring (bicyclic) bond motifs is 1. The molecule has 1 N–H and O–H groups in total. The highest BCUT2D eigenvalue weighted by atomic mass is 16.6. The quantitative estimate of drug-likeness (QED) is 0.259. The van der Waals surface area contributed by atoms with E-state index in [1.165, 1.54) is 24.5 Å². The molecule has 37 heavy (non-hydrogen) atoms. The van der Waals surface area contributed by atoms with E-state index in [1.807, 2.05) is 36.4 Å². The first-order chi connectivity index (χ1) is 17.7. The van der Waals surface area contributed by atoms with Gasteiger partial charge in [-0.2, -0.15) is 0 Å². The predicted molar refractivity (Wildman–Crippen MR) is 138 cm³/mol. The van der Waals surface area contributed by atoms with E-state index in [4.69, 9.17) is 18.6 Å². The highest BCUT2D eigenvalue weighted by Crippen LogP contribution is 2.24. The first-order valence-electron chi connectivity index (χ1n) is 11.7. The smallest absolute Gasteiger partial charge is 0.408 e. The Hall–Kier alpha value is -4.59. The summed E-state index contributed by atoms with van der Waals surface area (Å²) in [7, 11) is 0. The zero-order valence-electron chi connectivity index (χ0n) is 20.7. The molecule has 1 unspecified atom stereocenters. The van der Waals surface area contributed by atoms with Gasteiger partial charge in [0.2, 0.25) is 11.2 Å². The number of ether oxygens (including phenoxy) is 3. The van der Waals surface area contributed by atoms with Crippen molar-refractivity contribution in [2.75, 3.05) is 0 Å². The van der Waals surface area contributed by atoms with Crippen LogP contribution in [0.3, 0.4) is 0 Å². The fourth-order valence-corrected chi connectivity index (χ4v) is 3.52. The summed E-state index contributed by atoms with van der Waals surface area (Å²) in [5.41, 5.74) is -0.0486. The monoisotopic (exact) mass is 501 g/mol. The summed E-state index contributed by atoms with van der Waals surface area (Å²) in [6, 6.07) is 21.5. The molecule has 0 aliphatic heterocycles. The van der Waals surface area contributed by atoms with Crippen molar-refractivity contribution in [3.05, 3.63) is 101 Å². The molecular formula is C29H27NO7. The second kappa shape index (κ2) is 11.0. The van der Waals surface area contributed by atoms with Crippen molar-refractivity contribution in [2.45, 2.75) is 38.8 Å². The molecule has 0 fully saturated rings. The molecule has 0 saturated carbocycles. The molecule has 1 aromatic heterocycles. The predicted octanol–water partition coefficient (Wildman–Crippen LogP) is 5.63. The van der Waals surface area contributed by atoms with Gasteiger partial charge in [-0.1, -0.05) is 48.5 Å². The number of alkyl carbamates (subject to hydrolysis) is 1. The van der Waals surface area contributed by atoms with Crippen LogP contribution in [-0.2, 0) is 16.0 Å². The van der Waals surface area contributed by atoms with Crippen molar-refractivity contribution in [3.63, 3.8) is 0 Å². The zero-order chi connectivity index (χ0) is 26.4. The second-order valence-corrected chi connectivity index (χ2v) is 9.31. The third kappa shape index (κ3) is 6.98. The topological polar surface area (TPSA) is 104 Å². The van der Waals surface area contributed by atoms with Gasteiger partial charge in [0.1, 0.15) is 35.0 Å². The van der Waals surface area contributed by atoms with E-state index in [0.29, 0.717) is 5.75 Å². The van der Waals surface area contributed by atoms with Crippen molar-refractivity contribution in [2.24, 2.45) is 0 Å². The highest BCUT2D eigenvalue weighted by molar-refractivity contribution is 5.85. The van der Waals surface area contributed by atoms with Crippen LogP contribution in [0.5, 0.6) is 17.2 Å². The molecule has 0 aliphatic carbocycles. The van der Waals surface area contributed by atoms with E-state index < -0.39 is 23.7 Å². The van der Waals surface area contributed by atoms with E-state index in [-0.39, 0.29) is 34.3 Å². The van der Waals surface area contributed by atoms with Gasteiger partial charge in [0.05, 0.1) is 5.39 Å². The van der Waals surface area contributed by atoms with Crippen LogP contribution in [0.15, 0.2) is 94.3 Å². The molecule has 190 valence electrons. The number of esters is 1. The number of hydrogen-bond acceptors (Lipinski definition) is 7. The third-order valence-electron chi connectivity index (χ3n) is 5.16. The minimum absolute atomic E-state index is 0.0351. The minimum Gasteiger partial charge on any atom is -0.460 e. The summed E-state index contributed by atoms with van der Waals surface area (Å²) < 4.78 is 22.1. The van der Waals surface area contributed by atoms with E-state index in [0.717, 1.165) is 5.56 Å². The SMILES string of the molecule is CC(C)(C)OC(=O)NC(Cc1ccccc1)C(=O)Oc1ccc2c(=O)c(Oc3ccccc3)coc2c1. The Morgan fingerprint density at radius 1 is 0.919 bits per heavy atom. The Morgan fingerprint density at radius 3 is 2.27 bits per heavy atom. The lowest BCUT2D eigenvalue weighted by Gasteiger charge is -2.23. The summed E-state index contributed by atoms with van der Waals surface area (Å²) in [5.74, 6) is -0.00329. The van der Waals surface area contributed by atoms with Crippen LogP contribution in [0.2, 0.25) is 0 Å². The summed E-state index contributed by atoms with van der Waals surface area (Å²) in [5, 5.41) is 2.86. The largest absolute Gasteiger partial charge is 0.460 e. The lowest BCUT2D eigenvalue weighted by Crippen LogP contribution is -2.46. The van der Waals surface area contributed by atoms with Gasteiger partial charge in [-0.15, -0.1) is 0 Å². The number of benzene rings is 3. The Labute approximate surface area is 213 Å². The Morgan fingerprint density at radius 2 is 1.59 bits per heavy atom. The van der Waals surface area contributed by atoms with E-state index in [2.05, 4.69) is 5.32 Å². The molecule has 1 atom stereocenters. The molecule has 0 saturated heterocycles. The lowest BCUT2D eigenvalue weighted by molar-refractivity contribution is -0.136. The van der Waals surface area contributed by atoms with Gasteiger partial charge in [-0.3, -0.25) is 4.79 Å². The summed E-state index contributed by atoms with van der Waals surface area (Å²) in [4.78, 5) is 38.3. The molecule has 8 nitrogen and oxygen atoms in total. The Kier molecular flexibility index (Phi) is 7.57. The second-order valence-electron chi connectivity index (χ2n) is 9.31. The first-order valence-corrected chi connectivity index (χ1v) is 11.7. The molecule has 4 rings (SSSR count). The number of carbonyl (C=O) groups excluding carboxylic acids is 2. The number of hydrogen-bond donors (Lipinski definition) is 1. The van der Waals surface area contributed by atoms with Crippen molar-refractivity contribution < 1.29 is 28.2 Å². The van der Waals surface area contributed by atoms with Crippen molar-refractivity contribution in [1.82, 2.24) is 5.32 Å². The maximum atomic E-state index is 13.1. The number of nitrogens with one attached hydrogen (secondary N) is 1. The van der Waals surface area contributed by atoms with E-state index >= 15 is 0 Å². The summed E-state index contributed by atoms with van der Waals surface area (Å²) >= 11 is 0. The molecule has 4 aromatic rings. The van der Waals surface area contributed by atoms with Crippen LogP contribution in [0.1, 0.15) is 26.3 Å². The van der Waals surface area contributed by atoms with Gasteiger partial charge in [-0.25, -0.2) is 9.59 Å². The lowest BCUT2D eigenvalue weighted by atomic mass is 10.1. The number of rotatable bonds is 7. The first kappa shape index (κ1) is 25.5. The number of amides is 1. The van der Waals surface area contributed by atoms with Crippen molar-refractivity contribution in [3.8, 4) is 17.2 Å². The molecule has 0 spiro atoms. The van der Waals surface area contributed by atoms with Gasteiger partial charge in [0.15, 0.2) is 0 Å². The molecule has 0 bridgehead atoms. The standard InChI is InChI=1S/C29H27NO7/c1-29(2,3)37-28(33)30-23(16-19-10-6-4-7-11-19)27(32)36-21-14-15-22-24(17-21)34-18-25(26(22)31)35-20-12-8-5-9-13-20/h4-15,17-18,23H,16H2,1-3H3,(H,30,33). The summed E-state index contributed by atoms with van der Waals surface area (Å²) in [6.45, 7) is 5.20. The molecular weight excluding hydrogens is 474 g/mol. The highest BCUT2D eigenvalue weighted by Gasteiger charge is 2.26. The van der Waals surface area contributed by atoms with Gasteiger partial charge in [-0.05, 0) is 50.6 Å².